The van der Waals surface area contributed by atoms with E-state index in [9.17, 15) is 4.79 Å². The number of carbonyl (C=O) groups is 1. The van der Waals surface area contributed by atoms with Gasteiger partial charge in [-0.15, -0.1) is 0 Å². The maximum atomic E-state index is 11.2. The number of aliphatic carboxylic acids is 1. The van der Waals surface area contributed by atoms with Crippen molar-refractivity contribution in [2.24, 2.45) is 10.8 Å². The van der Waals surface area contributed by atoms with Crippen molar-refractivity contribution in [3.63, 3.8) is 0 Å². The number of aromatic nitrogens is 1. The fourth-order valence-corrected chi connectivity index (χ4v) is 1.65. The molecule has 2 rings (SSSR count). The number of hydrogen-bond donors (Lipinski definition) is 4. The Balaban J connectivity index is 2.52. The van der Waals surface area contributed by atoms with E-state index in [4.69, 9.17) is 10.8 Å². The Bertz CT molecular complexity index is 647. The van der Waals surface area contributed by atoms with Gasteiger partial charge in [-0.2, -0.15) is 5.10 Å². The van der Waals surface area contributed by atoms with Gasteiger partial charge in [0, 0.05) is 22.7 Å². The van der Waals surface area contributed by atoms with Crippen LogP contribution in [-0.2, 0) is 4.79 Å². The number of H-pyrrole nitrogens is 1. The summed E-state index contributed by atoms with van der Waals surface area (Å²) in [6, 6.07) is 7.33. The Labute approximate surface area is 107 Å². The molecule has 7 heteroatoms. The van der Waals surface area contributed by atoms with Gasteiger partial charge in [-0.25, -0.2) is 4.79 Å². The minimum absolute atomic E-state index is 0.0893. The van der Waals surface area contributed by atoms with Gasteiger partial charge < -0.3 is 15.8 Å². The maximum absolute atomic E-state index is 11.2. The second kappa shape index (κ2) is 4.84. The lowest BCUT2D eigenvalue weighted by atomic mass is 10.1. The Kier molecular flexibility index (Phi) is 3.24. The lowest BCUT2D eigenvalue weighted by molar-refractivity contribution is -0.129. The number of nitrogens with one attached hydrogen (secondary N) is 2. The first-order chi connectivity index (χ1) is 8.59. The van der Waals surface area contributed by atoms with Crippen molar-refractivity contribution in [1.29, 1.82) is 0 Å². The Morgan fingerprint density at radius 1 is 1.44 bits per heavy atom. The Morgan fingerprint density at radius 2 is 2.17 bits per heavy atom. The molecule has 92 valence electrons. The average molecular weight is 262 g/mol. The molecule has 1 aromatic heterocycles. The molecule has 0 aliphatic carbocycles. The quantitative estimate of drug-likeness (QED) is 0.372. The number of para-hydroxylation sites is 1. The van der Waals surface area contributed by atoms with Crippen LogP contribution < -0.4 is 11.2 Å². The van der Waals surface area contributed by atoms with Gasteiger partial charge in [-0.05, 0) is 18.3 Å². The van der Waals surface area contributed by atoms with Crippen LogP contribution >= 0.6 is 12.2 Å². The number of thiocarbonyl (C=S) groups is 1. The van der Waals surface area contributed by atoms with E-state index in [2.05, 4.69) is 27.7 Å². The van der Waals surface area contributed by atoms with Gasteiger partial charge in [0.05, 0.1) is 0 Å². The van der Waals surface area contributed by atoms with Crippen molar-refractivity contribution >= 4 is 39.9 Å². The van der Waals surface area contributed by atoms with Crippen molar-refractivity contribution in [1.82, 2.24) is 10.4 Å². The third-order valence-corrected chi connectivity index (χ3v) is 2.42. The minimum atomic E-state index is -1.16. The summed E-state index contributed by atoms with van der Waals surface area (Å²) in [4.78, 5) is 14.2. The minimum Gasteiger partial charge on any atom is -0.476 e. The van der Waals surface area contributed by atoms with Gasteiger partial charge >= 0.3 is 5.97 Å². The fraction of sp³-hybridized carbons (Fsp3) is 0. The molecule has 5 N–H and O–H groups in total. The number of aromatic amines is 1. The zero-order valence-electron chi connectivity index (χ0n) is 9.18. The number of benzene rings is 1. The molecule has 0 spiro atoms. The van der Waals surface area contributed by atoms with E-state index in [1.54, 1.807) is 12.3 Å². The molecule has 1 aromatic carbocycles. The lowest BCUT2D eigenvalue weighted by Gasteiger charge is -2.01. The number of carboxylic acid groups (broad SMARTS) is 1. The number of rotatable bonds is 3. The maximum Gasteiger partial charge on any atom is 0.357 e. The number of fused-ring (bicyclic) bond motifs is 1. The van der Waals surface area contributed by atoms with Gasteiger partial charge in [0.25, 0.3) is 0 Å². The lowest BCUT2D eigenvalue weighted by Crippen LogP contribution is -2.27. The van der Waals surface area contributed by atoms with Crippen molar-refractivity contribution < 1.29 is 9.90 Å². The monoisotopic (exact) mass is 262 g/mol. The molecular formula is C11H10N4O2S. The highest BCUT2D eigenvalue weighted by Crippen LogP contribution is 2.18. The predicted molar refractivity (Wildman–Crippen MR) is 72.4 cm³/mol. The zero-order valence-corrected chi connectivity index (χ0v) is 9.99. The van der Waals surface area contributed by atoms with E-state index in [0.717, 1.165) is 10.9 Å². The van der Waals surface area contributed by atoms with Gasteiger partial charge in [-0.1, -0.05) is 18.2 Å². The number of carboxylic acids is 1. The van der Waals surface area contributed by atoms with Crippen molar-refractivity contribution in [3.05, 3.63) is 36.0 Å². The molecule has 0 aliphatic heterocycles. The van der Waals surface area contributed by atoms with E-state index in [0.29, 0.717) is 5.56 Å². The standard InChI is InChI=1S/C11H10N4O2S/c12-11(18)15-14-9(10(16)17)7-5-13-8-4-2-1-3-6(7)8/h1-5,13H,(H,16,17)(H3,12,15,18)/b14-9-. The molecule has 6 nitrogen and oxygen atoms in total. The van der Waals surface area contributed by atoms with E-state index < -0.39 is 5.97 Å². The molecule has 0 atom stereocenters. The first-order valence-corrected chi connectivity index (χ1v) is 5.43. The third kappa shape index (κ3) is 2.30. The molecule has 0 bridgehead atoms. The van der Waals surface area contributed by atoms with E-state index in [-0.39, 0.29) is 10.8 Å². The Hall–Kier alpha value is -2.41. The number of hydrazone groups is 1. The van der Waals surface area contributed by atoms with Crippen molar-refractivity contribution in [2.75, 3.05) is 0 Å². The van der Waals surface area contributed by atoms with Crippen LogP contribution in [0.1, 0.15) is 5.56 Å². The molecule has 0 saturated heterocycles. The molecule has 18 heavy (non-hydrogen) atoms. The molecule has 0 aliphatic rings. The summed E-state index contributed by atoms with van der Waals surface area (Å²) in [5, 5.41) is 13.5. The summed E-state index contributed by atoms with van der Waals surface area (Å²) in [5.41, 5.74) is 8.65. The molecule has 0 saturated carbocycles. The molecule has 0 fully saturated rings. The van der Waals surface area contributed by atoms with Crippen molar-refractivity contribution in [2.45, 2.75) is 0 Å². The molecule has 0 amide bonds. The SMILES string of the molecule is NC(=S)N/N=C(\C(=O)O)c1c[nH]c2ccccc12. The van der Waals surface area contributed by atoms with Gasteiger partial charge in [0.2, 0.25) is 0 Å². The van der Waals surface area contributed by atoms with Crippen LogP contribution in [0.15, 0.2) is 35.6 Å². The smallest absolute Gasteiger partial charge is 0.357 e. The van der Waals surface area contributed by atoms with Crippen molar-refractivity contribution in [3.8, 4) is 0 Å². The highest BCUT2D eigenvalue weighted by Gasteiger charge is 2.17. The summed E-state index contributed by atoms with van der Waals surface area (Å²) in [5.74, 6) is -1.16. The van der Waals surface area contributed by atoms with Crippen LogP contribution in [-0.4, -0.2) is 26.9 Å². The number of nitrogens with two attached hydrogens (primary N) is 1. The molecule has 1 heterocycles. The van der Waals surface area contributed by atoms with Crippen LogP contribution in [0.4, 0.5) is 0 Å². The highest BCUT2D eigenvalue weighted by molar-refractivity contribution is 7.80. The van der Waals surface area contributed by atoms with Crippen LogP contribution in [0.3, 0.4) is 0 Å². The molecule has 2 aromatic rings. The van der Waals surface area contributed by atoms with Gasteiger partial charge in [-0.3, -0.25) is 5.43 Å². The predicted octanol–water partition coefficient (Wildman–Crippen LogP) is 0.790. The topological polar surface area (TPSA) is 104 Å². The number of nitrogens with zero attached hydrogens (tertiary/aromatic N) is 1. The molecular weight excluding hydrogens is 252 g/mol. The second-order valence-corrected chi connectivity index (χ2v) is 3.93. The van der Waals surface area contributed by atoms with Gasteiger partial charge in [0.1, 0.15) is 0 Å². The summed E-state index contributed by atoms with van der Waals surface area (Å²) >= 11 is 4.58. The van der Waals surface area contributed by atoms with Crippen LogP contribution in [0.5, 0.6) is 0 Å². The van der Waals surface area contributed by atoms with E-state index in [1.807, 2.05) is 18.2 Å². The zero-order chi connectivity index (χ0) is 13.1. The molecule has 0 unspecified atom stereocenters. The van der Waals surface area contributed by atoms with E-state index >= 15 is 0 Å². The largest absolute Gasteiger partial charge is 0.476 e. The first kappa shape index (κ1) is 12.1. The fourth-order valence-electron chi connectivity index (χ4n) is 1.60. The van der Waals surface area contributed by atoms with Crippen LogP contribution in [0, 0.1) is 0 Å². The summed E-state index contributed by atoms with van der Waals surface area (Å²) in [6.07, 6.45) is 1.58. The second-order valence-electron chi connectivity index (χ2n) is 3.49. The van der Waals surface area contributed by atoms with Crippen LogP contribution in [0.2, 0.25) is 0 Å². The van der Waals surface area contributed by atoms with E-state index in [1.165, 1.54) is 0 Å². The Morgan fingerprint density at radius 3 is 2.83 bits per heavy atom. The number of hydrogen-bond acceptors (Lipinski definition) is 3. The summed E-state index contributed by atoms with van der Waals surface area (Å²) < 4.78 is 0. The highest BCUT2D eigenvalue weighted by atomic mass is 32.1. The average Bonchev–Trinajstić information content (AvgIpc) is 2.73. The normalized spacial score (nSPS) is 11.4. The molecule has 0 radical (unpaired) electrons. The van der Waals surface area contributed by atoms with Gasteiger partial charge in [0.15, 0.2) is 10.8 Å². The third-order valence-electron chi connectivity index (χ3n) is 2.32. The summed E-state index contributed by atoms with van der Waals surface area (Å²) in [7, 11) is 0. The summed E-state index contributed by atoms with van der Waals surface area (Å²) in [6.45, 7) is 0. The first-order valence-electron chi connectivity index (χ1n) is 5.02. The van der Waals surface area contributed by atoms with Crippen LogP contribution in [0.25, 0.3) is 10.9 Å².